The normalized spacial score (nSPS) is 10.6. The Labute approximate surface area is 202 Å². The molecule has 34 heavy (non-hydrogen) atoms. The van der Waals surface area contributed by atoms with E-state index in [1.807, 2.05) is 0 Å². The third kappa shape index (κ3) is 4.95. The van der Waals surface area contributed by atoms with Crippen molar-refractivity contribution < 1.29 is 23.8 Å². The van der Waals surface area contributed by atoms with Crippen molar-refractivity contribution in [1.82, 2.24) is 10.1 Å². The zero-order valence-corrected chi connectivity index (χ0v) is 18.6. The second kappa shape index (κ2) is 9.82. The first-order valence-corrected chi connectivity index (χ1v) is 10.4. The maximum Gasteiger partial charge on any atom is 0.339 e. The number of rotatable bonds is 7. The number of nitrogens with zero attached hydrogens (tertiary/aromatic N) is 3. The first kappa shape index (κ1) is 23.1. The molecule has 0 bridgehead atoms. The molecule has 0 aliphatic rings. The van der Waals surface area contributed by atoms with Crippen molar-refractivity contribution in [2.75, 3.05) is 0 Å². The molecule has 0 aliphatic heterocycles. The van der Waals surface area contributed by atoms with E-state index in [4.69, 9.17) is 32.5 Å². The molecule has 1 aromatic heterocycles. The quantitative estimate of drug-likeness (QED) is 0.141. The number of hydrogen-bond acceptors (Lipinski definition) is 8. The number of halogens is 2. The smallest absolute Gasteiger partial charge is 0.339 e. The molecule has 0 amide bonds. The molecular formula is C23H13Cl2N3O6. The average molecular weight is 498 g/mol. The molecular weight excluding hydrogens is 485 g/mol. The van der Waals surface area contributed by atoms with Gasteiger partial charge in [0.25, 0.3) is 11.6 Å². The third-order valence-electron chi connectivity index (χ3n) is 4.67. The Morgan fingerprint density at radius 3 is 2.50 bits per heavy atom. The monoisotopic (exact) mass is 497 g/mol. The van der Waals surface area contributed by atoms with Crippen LogP contribution in [0.4, 0.5) is 5.69 Å². The lowest BCUT2D eigenvalue weighted by Crippen LogP contribution is -2.13. The lowest BCUT2D eigenvalue weighted by atomic mass is 9.98. The number of hydrogen-bond donors (Lipinski definition) is 0. The van der Waals surface area contributed by atoms with Crippen molar-refractivity contribution in [2.45, 2.75) is 6.61 Å². The molecule has 9 nitrogen and oxygen atoms in total. The molecule has 0 spiro atoms. The van der Waals surface area contributed by atoms with E-state index in [1.165, 1.54) is 24.3 Å². The van der Waals surface area contributed by atoms with Crippen LogP contribution in [0.25, 0.3) is 11.4 Å². The maximum atomic E-state index is 13.0. The van der Waals surface area contributed by atoms with Gasteiger partial charge in [-0.3, -0.25) is 14.9 Å². The summed E-state index contributed by atoms with van der Waals surface area (Å²) in [5, 5.41) is 15.4. The van der Waals surface area contributed by atoms with Gasteiger partial charge in [-0.15, -0.1) is 0 Å². The van der Waals surface area contributed by atoms with Crippen LogP contribution in [0.3, 0.4) is 0 Å². The SMILES string of the molecule is O=C(OCc1nc(-c2cccc(Cl)c2)no1)c1ccccc1C(=O)c1ccc(Cl)c([N+](=O)[O-])c1. The second-order valence-electron chi connectivity index (χ2n) is 6.90. The summed E-state index contributed by atoms with van der Waals surface area (Å²) in [6.45, 7) is -0.332. The summed E-state index contributed by atoms with van der Waals surface area (Å²) in [5.74, 6) is -1.10. The van der Waals surface area contributed by atoms with Crippen molar-refractivity contribution in [1.29, 1.82) is 0 Å². The predicted molar refractivity (Wildman–Crippen MR) is 122 cm³/mol. The van der Waals surface area contributed by atoms with Gasteiger partial charge >= 0.3 is 5.97 Å². The van der Waals surface area contributed by atoms with Gasteiger partial charge in [0.05, 0.1) is 10.5 Å². The van der Waals surface area contributed by atoms with Crippen LogP contribution in [0.5, 0.6) is 0 Å². The minimum absolute atomic E-state index is 0.000542. The second-order valence-corrected chi connectivity index (χ2v) is 7.74. The fourth-order valence-electron chi connectivity index (χ4n) is 3.07. The highest BCUT2D eigenvalue weighted by atomic mass is 35.5. The number of aromatic nitrogens is 2. The fourth-order valence-corrected chi connectivity index (χ4v) is 3.45. The Balaban J connectivity index is 1.52. The molecule has 0 N–H and O–H groups in total. The Morgan fingerprint density at radius 1 is 1.00 bits per heavy atom. The van der Waals surface area contributed by atoms with Gasteiger partial charge in [-0.2, -0.15) is 4.98 Å². The molecule has 0 aliphatic carbocycles. The third-order valence-corrected chi connectivity index (χ3v) is 5.23. The molecule has 4 aromatic rings. The van der Waals surface area contributed by atoms with Crippen LogP contribution in [0.15, 0.2) is 71.3 Å². The predicted octanol–water partition coefficient (Wildman–Crippen LogP) is 5.54. The summed E-state index contributed by atoms with van der Waals surface area (Å²) in [6, 6.07) is 16.4. The highest BCUT2D eigenvalue weighted by molar-refractivity contribution is 6.33. The van der Waals surface area contributed by atoms with Crippen molar-refractivity contribution in [3.63, 3.8) is 0 Å². The Kier molecular flexibility index (Phi) is 6.67. The number of carbonyl (C=O) groups excluding carboxylic acids is 2. The summed E-state index contributed by atoms with van der Waals surface area (Å²) in [6.07, 6.45) is 0. The Hall–Kier alpha value is -4.08. The molecule has 170 valence electrons. The van der Waals surface area contributed by atoms with E-state index >= 15 is 0 Å². The van der Waals surface area contributed by atoms with E-state index in [2.05, 4.69) is 10.1 Å². The number of benzene rings is 3. The highest BCUT2D eigenvalue weighted by Crippen LogP contribution is 2.27. The molecule has 0 saturated carbocycles. The van der Waals surface area contributed by atoms with Gasteiger partial charge in [0.2, 0.25) is 5.82 Å². The van der Waals surface area contributed by atoms with E-state index in [0.717, 1.165) is 6.07 Å². The van der Waals surface area contributed by atoms with E-state index in [-0.39, 0.29) is 40.0 Å². The van der Waals surface area contributed by atoms with E-state index in [1.54, 1.807) is 36.4 Å². The van der Waals surface area contributed by atoms with Gasteiger partial charge in [-0.1, -0.05) is 58.7 Å². The average Bonchev–Trinajstić information content (AvgIpc) is 3.31. The van der Waals surface area contributed by atoms with Gasteiger partial charge in [-0.05, 0) is 30.3 Å². The molecule has 0 fully saturated rings. The van der Waals surface area contributed by atoms with E-state index in [9.17, 15) is 19.7 Å². The van der Waals surface area contributed by atoms with Crippen LogP contribution < -0.4 is 0 Å². The number of esters is 1. The van der Waals surface area contributed by atoms with Gasteiger partial charge in [0.15, 0.2) is 12.4 Å². The molecule has 11 heteroatoms. The summed E-state index contributed by atoms with van der Waals surface area (Å²) in [4.78, 5) is 40.3. The molecule has 0 saturated heterocycles. The lowest BCUT2D eigenvalue weighted by Gasteiger charge is -2.08. The number of nitro groups is 1. The molecule has 0 atom stereocenters. The first-order chi connectivity index (χ1) is 16.3. The molecule has 0 unspecified atom stereocenters. The zero-order chi connectivity index (χ0) is 24.2. The fraction of sp³-hybridized carbons (Fsp3) is 0.0435. The standard InChI is InChI=1S/C23H13Cl2N3O6/c24-15-5-3-4-14(10-15)22-26-20(34-27-22)12-33-23(30)17-7-2-1-6-16(17)21(29)13-8-9-18(25)19(11-13)28(31)32/h1-11H,12H2. The van der Waals surface area contributed by atoms with Crippen LogP contribution in [0, 0.1) is 10.1 Å². The molecule has 0 radical (unpaired) electrons. The van der Waals surface area contributed by atoms with Crippen LogP contribution in [0.2, 0.25) is 10.0 Å². The van der Waals surface area contributed by atoms with E-state index in [0.29, 0.717) is 10.6 Å². The minimum Gasteiger partial charge on any atom is -0.452 e. The summed E-state index contributed by atoms with van der Waals surface area (Å²) >= 11 is 11.8. The summed E-state index contributed by atoms with van der Waals surface area (Å²) in [7, 11) is 0. The number of carbonyl (C=O) groups is 2. The van der Waals surface area contributed by atoms with Gasteiger partial charge < -0.3 is 9.26 Å². The first-order valence-electron chi connectivity index (χ1n) is 9.67. The number of ketones is 1. The lowest BCUT2D eigenvalue weighted by molar-refractivity contribution is -0.384. The molecule has 3 aromatic carbocycles. The van der Waals surface area contributed by atoms with Crippen molar-refractivity contribution >= 4 is 40.6 Å². The van der Waals surface area contributed by atoms with Crippen LogP contribution in [-0.4, -0.2) is 26.8 Å². The van der Waals surface area contributed by atoms with Crippen molar-refractivity contribution in [3.8, 4) is 11.4 Å². The van der Waals surface area contributed by atoms with Gasteiger partial charge in [0.1, 0.15) is 5.02 Å². The zero-order valence-electron chi connectivity index (χ0n) is 17.1. The Morgan fingerprint density at radius 2 is 1.76 bits per heavy atom. The highest BCUT2D eigenvalue weighted by Gasteiger charge is 2.23. The summed E-state index contributed by atoms with van der Waals surface area (Å²) < 4.78 is 10.4. The maximum absolute atomic E-state index is 13.0. The van der Waals surface area contributed by atoms with Crippen LogP contribution in [0.1, 0.15) is 32.2 Å². The van der Waals surface area contributed by atoms with Crippen LogP contribution >= 0.6 is 23.2 Å². The van der Waals surface area contributed by atoms with Crippen molar-refractivity contribution in [2.24, 2.45) is 0 Å². The van der Waals surface area contributed by atoms with Gasteiger partial charge in [0, 0.05) is 27.8 Å². The molecule has 4 rings (SSSR count). The number of ether oxygens (including phenoxy) is 1. The largest absolute Gasteiger partial charge is 0.452 e. The van der Waals surface area contributed by atoms with E-state index < -0.39 is 22.4 Å². The minimum atomic E-state index is -0.810. The van der Waals surface area contributed by atoms with Crippen LogP contribution in [-0.2, 0) is 11.3 Å². The van der Waals surface area contributed by atoms with Gasteiger partial charge in [-0.25, -0.2) is 4.79 Å². The van der Waals surface area contributed by atoms with Crippen molar-refractivity contribution in [3.05, 3.63) is 109 Å². The summed E-state index contributed by atoms with van der Waals surface area (Å²) in [5.41, 5.74) is 0.190. The number of nitro benzene ring substituents is 1. The topological polar surface area (TPSA) is 125 Å². The Bertz CT molecular complexity index is 1420. The molecule has 1 heterocycles.